The monoisotopic (exact) mass is 200 g/mol. The topological polar surface area (TPSA) is 0 Å². The third kappa shape index (κ3) is 6.62. The number of benzene rings is 1. The van der Waals surface area contributed by atoms with Crippen LogP contribution >= 0.6 is 21.6 Å². The van der Waals surface area contributed by atoms with Crippen molar-refractivity contribution in [3.05, 3.63) is 30.3 Å². The Morgan fingerprint density at radius 3 is 2.00 bits per heavy atom. The molecular weight excluding hydrogens is 184 g/mol. The molecule has 12 heavy (non-hydrogen) atoms. The van der Waals surface area contributed by atoms with Crippen LogP contribution in [0.15, 0.2) is 35.2 Å². The van der Waals surface area contributed by atoms with Crippen LogP contribution in [0.2, 0.25) is 0 Å². The molecule has 0 nitrogen and oxygen atoms in total. The zero-order valence-corrected chi connectivity index (χ0v) is 9.54. The lowest BCUT2D eigenvalue weighted by atomic mass is 10.4. The third-order valence-corrected chi connectivity index (χ3v) is 2.63. The summed E-state index contributed by atoms with van der Waals surface area (Å²) in [6.45, 7) is 4.25. The van der Waals surface area contributed by atoms with Crippen LogP contribution < -0.4 is 0 Å². The Morgan fingerprint density at radius 1 is 1.08 bits per heavy atom. The van der Waals surface area contributed by atoms with Gasteiger partial charge in [-0.3, -0.25) is 0 Å². The van der Waals surface area contributed by atoms with Gasteiger partial charge in [-0.05, 0) is 18.4 Å². The molecule has 0 aliphatic heterocycles. The number of hydrogen-bond acceptors (Lipinski definition) is 2. The van der Waals surface area contributed by atoms with Crippen LogP contribution in [0.5, 0.6) is 0 Å². The predicted molar refractivity (Wildman–Crippen MR) is 61.8 cm³/mol. The minimum absolute atomic E-state index is 1.25. The van der Waals surface area contributed by atoms with E-state index in [1.54, 1.807) is 21.6 Å². The zero-order valence-electron chi connectivity index (χ0n) is 7.91. The molecule has 0 atom stereocenters. The van der Waals surface area contributed by atoms with Crippen LogP contribution in [-0.2, 0) is 0 Å². The van der Waals surface area contributed by atoms with Crippen molar-refractivity contribution in [3.8, 4) is 0 Å². The van der Waals surface area contributed by atoms with Crippen LogP contribution in [-0.4, -0.2) is 6.26 Å². The largest absolute Gasteiger partial charge is 0.0924 e. The molecule has 1 aromatic rings. The molecule has 0 spiro atoms. The van der Waals surface area contributed by atoms with Gasteiger partial charge in [-0.2, -0.15) is 0 Å². The average Bonchev–Trinajstić information content (AvgIpc) is 2.08. The summed E-state index contributed by atoms with van der Waals surface area (Å²) in [7, 11) is 3.56. The first-order valence-electron chi connectivity index (χ1n) is 4.10. The normalized spacial score (nSPS) is 8.58. The van der Waals surface area contributed by atoms with Gasteiger partial charge < -0.3 is 0 Å². The van der Waals surface area contributed by atoms with Crippen LogP contribution in [0.3, 0.4) is 0 Å². The van der Waals surface area contributed by atoms with Crippen LogP contribution in [0.1, 0.15) is 20.3 Å². The minimum Gasteiger partial charge on any atom is -0.0924 e. The fourth-order valence-corrected chi connectivity index (χ4v) is 1.94. The molecule has 0 aromatic heterocycles. The van der Waals surface area contributed by atoms with Crippen LogP contribution in [0.25, 0.3) is 0 Å². The molecule has 0 bridgehead atoms. The Morgan fingerprint density at radius 2 is 1.58 bits per heavy atom. The highest BCUT2D eigenvalue weighted by Gasteiger charge is 1.85. The smallest absolute Gasteiger partial charge is 0.0182 e. The van der Waals surface area contributed by atoms with E-state index in [4.69, 9.17) is 0 Å². The second-order valence-electron chi connectivity index (χ2n) is 2.27. The molecule has 0 N–H and O–H groups in total. The van der Waals surface area contributed by atoms with Crippen LogP contribution in [0, 0.1) is 0 Å². The van der Waals surface area contributed by atoms with Crippen molar-refractivity contribution in [2.75, 3.05) is 6.26 Å². The molecule has 0 aliphatic rings. The summed E-state index contributed by atoms with van der Waals surface area (Å²) in [5.74, 6) is 0. The Bertz CT molecular complexity index is 172. The summed E-state index contributed by atoms with van der Waals surface area (Å²) < 4.78 is 0. The molecule has 0 radical (unpaired) electrons. The second-order valence-corrected chi connectivity index (χ2v) is 4.74. The molecule has 0 unspecified atom stereocenters. The summed E-state index contributed by atoms with van der Waals surface area (Å²) in [6.07, 6.45) is 3.33. The van der Waals surface area contributed by atoms with Crippen LogP contribution in [0.4, 0.5) is 0 Å². The molecule has 0 aliphatic carbocycles. The first-order chi connectivity index (χ1) is 5.85. The van der Waals surface area contributed by atoms with E-state index < -0.39 is 0 Å². The Labute approximate surface area is 83.5 Å². The van der Waals surface area contributed by atoms with Gasteiger partial charge in [0.1, 0.15) is 0 Å². The van der Waals surface area contributed by atoms with E-state index in [-0.39, 0.29) is 0 Å². The molecule has 0 saturated carbocycles. The minimum atomic E-state index is 1.25. The van der Waals surface area contributed by atoms with E-state index in [9.17, 15) is 0 Å². The molecule has 68 valence electrons. The van der Waals surface area contributed by atoms with Gasteiger partial charge in [0.15, 0.2) is 0 Å². The van der Waals surface area contributed by atoms with E-state index in [1.807, 2.05) is 6.07 Å². The van der Waals surface area contributed by atoms with E-state index >= 15 is 0 Å². The van der Waals surface area contributed by atoms with E-state index in [0.717, 1.165) is 0 Å². The summed E-state index contributed by atoms with van der Waals surface area (Å²) in [4.78, 5) is 1.32. The van der Waals surface area contributed by atoms with Gasteiger partial charge in [0, 0.05) is 4.90 Å². The average molecular weight is 200 g/mol. The lowest BCUT2D eigenvalue weighted by Crippen LogP contribution is -1.61. The van der Waals surface area contributed by atoms with Gasteiger partial charge in [-0.25, -0.2) is 0 Å². The van der Waals surface area contributed by atoms with E-state index in [2.05, 4.69) is 44.4 Å². The quantitative estimate of drug-likeness (QED) is 0.646. The summed E-state index contributed by atoms with van der Waals surface area (Å²) in [5, 5.41) is 0. The van der Waals surface area contributed by atoms with Gasteiger partial charge in [0.05, 0.1) is 0 Å². The first kappa shape index (κ1) is 11.9. The zero-order chi connectivity index (χ0) is 9.23. The molecule has 0 fully saturated rings. The summed E-state index contributed by atoms with van der Waals surface area (Å²) >= 11 is 0. The Hall–Kier alpha value is -0.0800. The van der Waals surface area contributed by atoms with Crippen molar-refractivity contribution in [3.63, 3.8) is 0 Å². The number of rotatable bonds is 2. The fraction of sp³-hybridized carbons (Fsp3) is 0.400. The fourth-order valence-electron chi connectivity index (χ4n) is 0.572. The second kappa shape index (κ2) is 9.01. The van der Waals surface area contributed by atoms with Crippen molar-refractivity contribution in [2.45, 2.75) is 25.2 Å². The SMILES string of the molecule is CCC.CSSc1ccccc1. The highest BCUT2D eigenvalue weighted by Crippen LogP contribution is 2.27. The number of hydrogen-bond donors (Lipinski definition) is 0. The lowest BCUT2D eigenvalue weighted by molar-refractivity contribution is 1.09. The maximum absolute atomic E-state index is 2.12. The van der Waals surface area contributed by atoms with Crippen molar-refractivity contribution in [1.82, 2.24) is 0 Å². The molecule has 2 heteroatoms. The van der Waals surface area contributed by atoms with Crippen molar-refractivity contribution in [1.29, 1.82) is 0 Å². The van der Waals surface area contributed by atoms with Gasteiger partial charge in [0.2, 0.25) is 0 Å². The Kier molecular flexibility index (Phi) is 8.95. The summed E-state index contributed by atoms with van der Waals surface area (Å²) in [6, 6.07) is 10.4. The maximum Gasteiger partial charge on any atom is 0.0182 e. The first-order valence-corrected chi connectivity index (χ1v) is 6.66. The standard InChI is InChI=1S/C7H8S2.C3H8/c1-8-9-7-5-3-2-4-6-7;1-3-2/h2-6H,1H3;3H2,1-2H3. The predicted octanol–water partition coefficient (Wildman–Crippen LogP) is 4.47. The van der Waals surface area contributed by atoms with Crippen molar-refractivity contribution in [2.24, 2.45) is 0 Å². The highest BCUT2D eigenvalue weighted by atomic mass is 33.1. The maximum atomic E-state index is 2.12. The third-order valence-electron chi connectivity index (χ3n) is 0.923. The van der Waals surface area contributed by atoms with Gasteiger partial charge >= 0.3 is 0 Å². The molecule has 0 saturated heterocycles. The molecule has 0 amide bonds. The summed E-state index contributed by atoms with van der Waals surface area (Å²) in [5.41, 5.74) is 0. The molecule has 1 rings (SSSR count). The molecule has 1 aromatic carbocycles. The van der Waals surface area contributed by atoms with E-state index in [0.29, 0.717) is 0 Å². The lowest BCUT2D eigenvalue weighted by Gasteiger charge is -1.92. The van der Waals surface area contributed by atoms with Crippen molar-refractivity contribution >= 4 is 21.6 Å². The van der Waals surface area contributed by atoms with Gasteiger partial charge in [-0.1, -0.05) is 60.1 Å². The highest BCUT2D eigenvalue weighted by molar-refractivity contribution is 8.76. The van der Waals surface area contributed by atoms with Crippen molar-refractivity contribution < 1.29 is 0 Å². The van der Waals surface area contributed by atoms with E-state index in [1.165, 1.54) is 11.3 Å². The molecular formula is C10H16S2. The van der Waals surface area contributed by atoms with Gasteiger partial charge in [-0.15, -0.1) is 0 Å². The van der Waals surface area contributed by atoms with Gasteiger partial charge in [0.25, 0.3) is 0 Å². The Balaban J connectivity index is 0.000000354. The molecule has 0 heterocycles.